The number of hydrogen-bond donors (Lipinski definition) is 0. The predicted octanol–water partition coefficient (Wildman–Crippen LogP) is 3.10. The van der Waals surface area contributed by atoms with Gasteiger partial charge in [0.1, 0.15) is 10.6 Å². The molecule has 0 unspecified atom stereocenters. The van der Waals surface area contributed by atoms with E-state index in [1.807, 2.05) is 0 Å². The molecule has 0 amide bonds. The first-order valence-electron chi connectivity index (χ1n) is 6.79. The van der Waals surface area contributed by atoms with Gasteiger partial charge in [-0.05, 0) is 31.6 Å². The topological polar surface area (TPSA) is 116 Å². The molecule has 0 aliphatic heterocycles. The molecule has 1 aliphatic carbocycles. The van der Waals surface area contributed by atoms with Crippen LogP contribution in [0.15, 0.2) is 46.0 Å². The van der Waals surface area contributed by atoms with E-state index in [4.69, 9.17) is 4.28 Å². The number of hydrogen-bond acceptors (Lipinski definition) is 7. The van der Waals surface area contributed by atoms with E-state index < -0.39 is 29.1 Å². The zero-order chi connectivity index (χ0) is 19.0. The Kier molecular flexibility index (Phi) is 5.50. The third kappa shape index (κ3) is 3.98. The van der Waals surface area contributed by atoms with Gasteiger partial charge in [-0.1, -0.05) is 43.1 Å². The molecule has 11 heteroatoms. The first kappa shape index (κ1) is 19.7. The molecule has 0 radical (unpaired) electrons. The lowest BCUT2D eigenvalue weighted by Gasteiger charge is -2.31. The fourth-order valence-electron chi connectivity index (χ4n) is 2.17. The maximum atomic E-state index is 12.2. The number of non-ortho nitro benzene ring substituents is 1. The zero-order valence-electron chi connectivity index (χ0n) is 13.0. The van der Waals surface area contributed by atoms with Crippen molar-refractivity contribution in [1.29, 1.82) is 0 Å². The Morgan fingerprint density at radius 2 is 2.04 bits per heavy atom. The molecule has 0 fully saturated rings. The van der Waals surface area contributed by atoms with E-state index in [0.717, 1.165) is 18.2 Å². The SMILES string of the molecule is CC1=CC(=O)[C@@H](Br)[C@](C)(Br)/C1=N\OS(=O)(=O)c1cccc([N+](=O)[O-])c1. The molecule has 2 rings (SSSR count). The van der Waals surface area contributed by atoms with Crippen molar-refractivity contribution in [3.63, 3.8) is 0 Å². The number of allylic oxidation sites excluding steroid dienone is 2. The van der Waals surface area contributed by atoms with Gasteiger partial charge in [0.15, 0.2) is 5.78 Å². The number of halogens is 2. The lowest BCUT2D eigenvalue weighted by Crippen LogP contribution is -2.46. The Labute approximate surface area is 160 Å². The second-order valence-corrected chi connectivity index (χ2v) is 9.48. The molecule has 1 aliphatic rings. The van der Waals surface area contributed by atoms with Crippen LogP contribution >= 0.6 is 31.9 Å². The third-order valence-electron chi connectivity index (χ3n) is 3.46. The van der Waals surface area contributed by atoms with Crippen LogP contribution in [0.4, 0.5) is 5.69 Å². The molecule has 0 bridgehead atoms. The minimum atomic E-state index is -4.36. The Balaban J connectivity index is 2.40. The van der Waals surface area contributed by atoms with Gasteiger partial charge in [0.05, 0.1) is 14.1 Å². The summed E-state index contributed by atoms with van der Waals surface area (Å²) in [6.45, 7) is 3.24. The van der Waals surface area contributed by atoms with Crippen molar-refractivity contribution in [1.82, 2.24) is 0 Å². The largest absolute Gasteiger partial charge is 0.358 e. The molecule has 0 heterocycles. The number of carbonyl (C=O) groups excluding carboxylic acids is 1. The second-order valence-electron chi connectivity index (χ2n) is 5.39. The molecule has 134 valence electrons. The van der Waals surface area contributed by atoms with Crippen LogP contribution < -0.4 is 0 Å². The summed E-state index contributed by atoms with van der Waals surface area (Å²) in [6, 6.07) is 4.43. The number of oxime groups is 1. The van der Waals surface area contributed by atoms with E-state index in [1.165, 1.54) is 12.1 Å². The molecule has 25 heavy (non-hydrogen) atoms. The maximum Gasteiger partial charge on any atom is 0.358 e. The van der Waals surface area contributed by atoms with E-state index >= 15 is 0 Å². The first-order chi connectivity index (χ1) is 11.5. The van der Waals surface area contributed by atoms with Gasteiger partial charge in [-0.15, -0.1) is 0 Å². The number of nitro benzene ring substituents is 1. The van der Waals surface area contributed by atoms with Crippen molar-refractivity contribution in [2.45, 2.75) is 27.9 Å². The smallest absolute Gasteiger partial charge is 0.294 e. The van der Waals surface area contributed by atoms with Crippen LogP contribution in [0.2, 0.25) is 0 Å². The lowest BCUT2D eigenvalue weighted by molar-refractivity contribution is -0.385. The average molecular weight is 496 g/mol. The van der Waals surface area contributed by atoms with E-state index in [1.54, 1.807) is 13.8 Å². The highest BCUT2D eigenvalue weighted by atomic mass is 79.9. The summed E-state index contributed by atoms with van der Waals surface area (Å²) in [6.07, 6.45) is 1.32. The van der Waals surface area contributed by atoms with E-state index in [9.17, 15) is 23.3 Å². The number of ketones is 1. The summed E-state index contributed by atoms with van der Waals surface area (Å²) in [7, 11) is -4.36. The summed E-state index contributed by atoms with van der Waals surface area (Å²) in [5.74, 6) is -0.197. The van der Waals surface area contributed by atoms with Crippen LogP contribution in [0.5, 0.6) is 0 Å². The molecule has 0 N–H and O–H groups in total. The van der Waals surface area contributed by atoms with Crippen molar-refractivity contribution in [2.24, 2.45) is 5.16 Å². The van der Waals surface area contributed by atoms with Crippen LogP contribution in [0.3, 0.4) is 0 Å². The van der Waals surface area contributed by atoms with Gasteiger partial charge in [-0.25, -0.2) is 0 Å². The van der Waals surface area contributed by atoms with Gasteiger partial charge in [0, 0.05) is 12.1 Å². The first-order valence-corrected chi connectivity index (χ1v) is 9.90. The summed E-state index contributed by atoms with van der Waals surface area (Å²) >= 11 is 6.59. The maximum absolute atomic E-state index is 12.2. The summed E-state index contributed by atoms with van der Waals surface area (Å²) < 4.78 is 28.2. The second kappa shape index (κ2) is 6.96. The number of carbonyl (C=O) groups is 1. The molecule has 8 nitrogen and oxygen atoms in total. The molecule has 2 atom stereocenters. The number of nitrogens with zero attached hydrogens (tertiary/aromatic N) is 2. The average Bonchev–Trinajstić information content (AvgIpc) is 2.52. The summed E-state index contributed by atoms with van der Waals surface area (Å²) in [5.41, 5.74) is 0.264. The van der Waals surface area contributed by atoms with Gasteiger partial charge in [0.2, 0.25) is 0 Å². The van der Waals surface area contributed by atoms with Crippen LogP contribution in [-0.2, 0) is 19.2 Å². The number of benzene rings is 1. The molecule has 1 aromatic rings. The Morgan fingerprint density at radius 1 is 1.40 bits per heavy atom. The van der Waals surface area contributed by atoms with Crippen LogP contribution in [0.25, 0.3) is 0 Å². The quantitative estimate of drug-likeness (QED) is 0.360. The minimum absolute atomic E-state index is 0.197. The molecule has 0 saturated heterocycles. The van der Waals surface area contributed by atoms with Crippen molar-refractivity contribution in [2.75, 3.05) is 0 Å². The molecular weight excluding hydrogens is 484 g/mol. The summed E-state index contributed by atoms with van der Waals surface area (Å²) in [5, 5.41) is 14.5. The summed E-state index contributed by atoms with van der Waals surface area (Å²) in [4.78, 5) is 20.9. The van der Waals surface area contributed by atoms with Crippen molar-refractivity contribution >= 4 is 59.2 Å². The minimum Gasteiger partial charge on any atom is -0.294 e. The monoisotopic (exact) mass is 494 g/mol. The van der Waals surface area contributed by atoms with Gasteiger partial charge >= 0.3 is 10.1 Å². The highest BCUT2D eigenvalue weighted by Gasteiger charge is 2.44. The predicted molar refractivity (Wildman–Crippen MR) is 97.6 cm³/mol. The van der Waals surface area contributed by atoms with E-state index in [-0.39, 0.29) is 17.2 Å². The normalized spacial score (nSPS) is 25.6. The molecule has 0 aromatic heterocycles. The van der Waals surface area contributed by atoms with Gasteiger partial charge in [-0.3, -0.25) is 19.2 Å². The van der Waals surface area contributed by atoms with E-state index in [0.29, 0.717) is 5.57 Å². The number of alkyl halides is 2. The van der Waals surface area contributed by atoms with Crippen LogP contribution in [-0.4, -0.2) is 34.0 Å². The Bertz CT molecular complexity index is 908. The lowest BCUT2D eigenvalue weighted by atomic mass is 9.88. The molecule has 0 spiro atoms. The Hall–Kier alpha value is -1.59. The highest BCUT2D eigenvalue weighted by Crippen LogP contribution is 2.37. The molecular formula is C14H12Br2N2O6S. The highest BCUT2D eigenvalue weighted by molar-refractivity contribution is 9.13. The molecule has 0 saturated carbocycles. The van der Waals surface area contributed by atoms with Gasteiger partial charge < -0.3 is 0 Å². The van der Waals surface area contributed by atoms with Gasteiger partial charge in [-0.2, -0.15) is 8.42 Å². The fourth-order valence-corrected chi connectivity index (χ4v) is 3.90. The Morgan fingerprint density at radius 3 is 2.64 bits per heavy atom. The van der Waals surface area contributed by atoms with Gasteiger partial charge in [0.25, 0.3) is 5.69 Å². The zero-order valence-corrected chi connectivity index (χ0v) is 17.0. The molecule has 1 aromatic carbocycles. The van der Waals surface area contributed by atoms with E-state index in [2.05, 4.69) is 37.0 Å². The third-order valence-corrected chi connectivity index (χ3v) is 7.38. The van der Waals surface area contributed by atoms with Crippen molar-refractivity contribution in [3.8, 4) is 0 Å². The van der Waals surface area contributed by atoms with Crippen molar-refractivity contribution < 1.29 is 22.4 Å². The standard InChI is InChI=1S/C14H12Br2N2O6S/c1-8-6-11(19)12(15)14(2,16)13(8)17-24-25(22,23)10-5-3-4-9(7-10)18(20)21/h3-7,12H,1-2H3/b17-13-/t12-,14+/m1/s1. The van der Waals surface area contributed by atoms with Crippen LogP contribution in [0, 0.1) is 10.1 Å². The number of nitro groups is 1. The number of rotatable bonds is 4. The van der Waals surface area contributed by atoms with Crippen LogP contribution in [0.1, 0.15) is 13.8 Å². The fraction of sp³-hybridized carbons (Fsp3) is 0.286. The van der Waals surface area contributed by atoms with Crippen molar-refractivity contribution in [3.05, 3.63) is 46.0 Å².